The Balaban J connectivity index is 2.14. The fourth-order valence-electron chi connectivity index (χ4n) is 1.99. The number of unbranched alkanes of at least 4 members (excludes halogenated alkanes) is 1. The number of nitriles is 1. The summed E-state index contributed by atoms with van der Waals surface area (Å²) in [6.07, 6.45) is 5.06. The smallest absolute Gasteiger partial charge is 0.0992 e. The van der Waals surface area contributed by atoms with Crippen molar-refractivity contribution >= 4 is 5.69 Å². The van der Waals surface area contributed by atoms with E-state index in [0.717, 1.165) is 18.2 Å². The predicted molar refractivity (Wildman–Crippen MR) is 66.4 cm³/mol. The predicted octanol–water partition coefficient (Wildman–Crippen LogP) is 3.33. The van der Waals surface area contributed by atoms with Crippen LogP contribution < -0.4 is 4.90 Å². The highest BCUT2D eigenvalue weighted by atomic mass is 15.2. The lowest BCUT2D eigenvalue weighted by molar-refractivity contribution is 0.713. The summed E-state index contributed by atoms with van der Waals surface area (Å²) in [5.41, 5.74) is 1.98. The zero-order chi connectivity index (χ0) is 11.4. The van der Waals surface area contributed by atoms with Crippen molar-refractivity contribution in [1.29, 1.82) is 5.26 Å². The van der Waals surface area contributed by atoms with Crippen molar-refractivity contribution in [3.63, 3.8) is 0 Å². The highest BCUT2D eigenvalue weighted by Crippen LogP contribution is 2.32. The van der Waals surface area contributed by atoms with Crippen molar-refractivity contribution in [3.05, 3.63) is 29.8 Å². The van der Waals surface area contributed by atoms with Crippen LogP contribution in [0.3, 0.4) is 0 Å². The summed E-state index contributed by atoms with van der Waals surface area (Å²) >= 11 is 0. The molecule has 1 aliphatic carbocycles. The molecular weight excluding hydrogens is 196 g/mol. The van der Waals surface area contributed by atoms with E-state index >= 15 is 0 Å². The molecule has 1 aromatic carbocycles. The Morgan fingerprint density at radius 3 is 2.88 bits per heavy atom. The third-order valence-corrected chi connectivity index (χ3v) is 3.05. The van der Waals surface area contributed by atoms with Gasteiger partial charge in [0.25, 0.3) is 0 Å². The fraction of sp³-hybridized carbons (Fsp3) is 0.500. The topological polar surface area (TPSA) is 27.0 Å². The van der Waals surface area contributed by atoms with Crippen molar-refractivity contribution in [2.45, 2.75) is 38.6 Å². The van der Waals surface area contributed by atoms with Gasteiger partial charge >= 0.3 is 0 Å². The minimum absolute atomic E-state index is 0.723. The Morgan fingerprint density at radius 2 is 2.25 bits per heavy atom. The molecule has 1 saturated carbocycles. The summed E-state index contributed by atoms with van der Waals surface area (Å²) in [6, 6.07) is 10.9. The maximum absolute atomic E-state index is 8.91. The van der Waals surface area contributed by atoms with Crippen LogP contribution in [0.15, 0.2) is 24.3 Å². The quantitative estimate of drug-likeness (QED) is 0.751. The van der Waals surface area contributed by atoms with Gasteiger partial charge in [0, 0.05) is 18.3 Å². The zero-order valence-corrected chi connectivity index (χ0v) is 9.82. The molecule has 2 rings (SSSR count). The van der Waals surface area contributed by atoms with Crippen molar-refractivity contribution < 1.29 is 0 Å². The minimum atomic E-state index is 0.723. The Morgan fingerprint density at radius 1 is 1.44 bits per heavy atom. The van der Waals surface area contributed by atoms with E-state index in [-0.39, 0.29) is 0 Å². The third kappa shape index (κ3) is 2.55. The molecule has 0 spiro atoms. The monoisotopic (exact) mass is 214 g/mol. The van der Waals surface area contributed by atoms with Gasteiger partial charge in [-0.15, -0.1) is 0 Å². The van der Waals surface area contributed by atoms with Crippen LogP contribution in [0.1, 0.15) is 38.2 Å². The summed E-state index contributed by atoms with van der Waals surface area (Å²) in [7, 11) is 0. The van der Waals surface area contributed by atoms with E-state index in [2.05, 4.69) is 24.0 Å². The van der Waals surface area contributed by atoms with Crippen LogP contribution >= 0.6 is 0 Å². The lowest BCUT2D eigenvalue weighted by Gasteiger charge is -2.24. The van der Waals surface area contributed by atoms with Crippen molar-refractivity contribution in [1.82, 2.24) is 0 Å². The summed E-state index contributed by atoms with van der Waals surface area (Å²) in [4.78, 5) is 2.46. The molecule has 0 aromatic heterocycles. The number of hydrogen-bond acceptors (Lipinski definition) is 2. The average molecular weight is 214 g/mol. The molecule has 16 heavy (non-hydrogen) atoms. The van der Waals surface area contributed by atoms with E-state index in [0.29, 0.717) is 0 Å². The molecule has 1 aliphatic rings. The van der Waals surface area contributed by atoms with E-state index in [4.69, 9.17) is 5.26 Å². The van der Waals surface area contributed by atoms with Crippen LogP contribution in [-0.2, 0) is 0 Å². The second-order valence-electron chi connectivity index (χ2n) is 4.44. The SMILES string of the molecule is CCCCN(c1cccc(C#N)c1)C1CC1. The van der Waals surface area contributed by atoms with Gasteiger partial charge in [0.05, 0.1) is 11.6 Å². The molecule has 84 valence electrons. The molecule has 2 heteroatoms. The van der Waals surface area contributed by atoms with Gasteiger partial charge in [-0.05, 0) is 37.5 Å². The van der Waals surface area contributed by atoms with E-state index in [1.54, 1.807) is 0 Å². The first-order valence-corrected chi connectivity index (χ1v) is 6.12. The van der Waals surface area contributed by atoms with Gasteiger partial charge in [0.15, 0.2) is 0 Å². The summed E-state index contributed by atoms with van der Waals surface area (Å²) < 4.78 is 0. The highest BCUT2D eigenvalue weighted by Gasteiger charge is 2.28. The first-order valence-electron chi connectivity index (χ1n) is 6.12. The van der Waals surface area contributed by atoms with Gasteiger partial charge in [-0.1, -0.05) is 19.4 Å². The maximum atomic E-state index is 8.91. The maximum Gasteiger partial charge on any atom is 0.0992 e. The van der Waals surface area contributed by atoms with Gasteiger partial charge < -0.3 is 4.90 Å². The fourth-order valence-corrected chi connectivity index (χ4v) is 1.99. The van der Waals surface area contributed by atoms with Crippen molar-refractivity contribution in [3.8, 4) is 6.07 Å². The van der Waals surface area contributed by atoms with Crippen molar-refractivity contribution in [2.75, 3.05) is 11.4 Å². The highest BCUT2D eigenvalue weighted by molar-refractivity contribution is 5.53. The molecule has 0 atom stereocenters. The molecule has 1 fully saturated rings. The molecule has 1 aromatic rings. The van der Waals surface area contributed by atoms with Crippen LogP contribution in [0.5, 0.6) is 0 Å². The first-order chi connectivity index (χ1) is 7.85. The lowest BCUT2D eigenvalue weighted by Crippen LogP contribution is -2.26. The second-order valence-corrected chi connectivity index (χ2v) is 4.44. The molecule has 0 saturated heterocycles. The van der Waals surface area contributed by atoms with Crippen LogP contribution in [0.4, 0.5) is 5.69 Å². The number of rotatable bonds is 5. The standard InChI is InChI=1S/C14H18N2/c1-2-3-9-16(13-7-8-13)14-6-4-5-12(10-14)11-15/h4-6,10,13H,2-3,7-9H2,1H3. The van der Waals surface area contributed by atoms with Gasteiger partial charge in [0.1, 0.15) is 0 Å². The number of anilines is 1. The second kappa shape index (κ2) is 5.03. The van der Waals surface area contributed by atoms with E-state index in [9.17, 15) is 0 Å². The minimum Gasteiger partial charge on any atom is -0.369 e. The molecule has 0 bridgehead atoms. The number of benzene rings is 1. The Kier molecular flexibility index (Phi) is 3.46. The van der Waals surface area contributed by atoms with Gasteiger partial charge in [-0.2, -0.15) is 5.26 Å². The summed E-state index contributed by atoms with van der Waals surface area (Å²) in [5.74, 6) is 0. The molecule has 0 unspecified atom stereocenters. The Labute approximate surface area is 97.5 Å². The summed E-state index contributed by atoms with van der Waals surface area (Å²) in [6.45, 7) is 3.34. The summed E-state index contributed by atoms with van der Waals surface area (Å²) in [5, 5.41) is 8.91. The molecule has 0 amide bonds. The number of nitrogens with zero attached hydrogens (tertiary/aromatic N) is 2. The van der Waals surface area contributed by atoms with Crippen LogP contribution in [-0.4, -0.2) is 12.6 Å². The molecule has 2 nitrogen and oxygen atoms in total. The zero-order valence-electron chi connectivity index (χ0n) is 9.82. The molecule has 0 heterocycles. The Hall–Kier alpha value is -1.49. The van der Waals surface area contributed by atoms with E-state index in [1.165, 1.54) is 31.4 Å². The molecule has 0 N–H and O–H groups in total. The van der Waals surface area contributed by atoms with Crippen molar-refractivity contribution in [2.24, 2.45) is 0 Å². The number of hydrogen-bond donors (Lipinski definition) is 0. The van der Waals surface area contributed by atoms with Gasteiger partial charge in [0.2, 0.25) is 0 Å². The van der Waals surface area contributed by atoms with Gasteiger partial charge in [-0.25, -0.2) is 0 Å². The van der Waals surface area contributed by atoms with Crippen LogP contribution in [0, 0.1) is 11.3 Å². The molecular formula is C14H18N2. The Bertz CT molecular complexity index is 388. The lowest BCUT2D eigenvalue weighted by atomic mass is 10.2. The first kappa shape index (κ1) is 11.0. The van der Waals surface area contributed by atoms with E-state index < -0.39 is 0 Å². The normalized spacial score (nSPS) is 14.5. The largest absolute Gasteiger partial charge is 0.369 e. The van der Waals surface area contributed by atoms with Crippen LogP contribution in [0.25, 0.3) is 0 Å². The molecule has 0 aliphatic heterocycles. The average Bonchev–Trinajstić information content (AvgIpc) is 3.14. The van der Waals surface area contributed by atoms with Gasteiger partial charge in [-0.3, -0.25) is 0 Å². The van der Waals surface area contributed by atoms with Crippen LogP contribution in [0.2, 0.25) is 0 Å². The molecule has 0 radical (unpaired) electrons. The third-order valence-electron chi connectivity index (χ3n) is 3.05. The van der Waals surface area contributed by atoms with E-state index in [1.807, 2.05) is 18.2 Å².